The lowest BCUT2D eigenvalue weighted by molar-refractivity contribution is 0.0609. The minimum Gasteiger partial charge on any atom is -0.384 e. The van der Waals surface area contributed by atoms with Crippen LogP contribution in [0.3, 0.4) is 0 Å². The minimum absolute atomic E-state index is 0.0422. The average molecular weight is 276 g/mol. The normalized spacial score (nSPS) is 29.3. The van der Waals surface area contributed by atoms with Gasteiger partial charge in [0.05, 0.1) is 5.54 Å². The summed E-state index contributed by atoms with van der Waals surface area (Å²) >= 11 is 0. The molecule has 0 spiro atoms. The predicted molar refractivity (Wildman–Crippen MR) is 83.9 cm³/mol. The van der Waals surface area contributed by atoms with Crippen LogP contribution in [0.4, 0.5) is 0 Å². The Labute approximate surface area is 123 Å². The number of benzene rings is 1. The molecule has 3 heteroatoms. The van der Waals surface area contributed by atoms with Crippen molar-refractivity contribution in [3.8, 4) is 0 Å². The van der Waals surface area contributed by atoms with E-state index in [-0.39, 0.29) is 5.54 Å². The molecule has 20 heavy (non-hydrogen) atoms. The quantitative estimate of drug-likeness (QED) is 0.894. The summed E-state index contributed by atoms with van der Waals surface area (Å²) in [5.74, 6) is 0.570. The van der Waals surface area contributed by atoms with Crippen molar-refractivity contribution >= 4 is 0 Å². The fourth-order valence-electron chi connectivity index (χ4n) is 3.10. The molecular formula is C17H28N2O. The van der Waals surface area contributed by atoms with Crippen LogP contribution in [-0.4, -0.2) is 44.3 Å². The third-order valence-corrected chi connectivity index (χ3v) is 4.34. The van der Waals surface area contributed by atoms with Gasteiger partial charge in [0.25, 0.3) is 0 Å². The van der Waals surface area contributed by atoms with Gasteiger partial charge in [0.1, 0.15) is 0 Å². The third-order valence-electron chi connectivity index (χ3n) is 4.34. The Balaban J connectivity index is 2.07. The standard InChI is InChI=1S/C17H28N2O/c1-14(12-20-4)11-19-13-17(3,18-10-15(19)2)16-8-6-5-7-9-16/h5-9,14-15,18H,10-13H2,1-4H3. The molecule has 1 heterocycles. The molecule has 0 saturated carbocycles. The summed E-state index contributed by atoms with van der Waals surface area (Å²) in [6, 6.07) is 11.3. The SMILES string of the molecule is COCC(C)CN1CC(C)(c2ccccc2)NCC1C. The Morgan fingerprint density at radius 2 is 2.10 bits per heavy atom. The van der Waals surface area contributed by atoms with Crippen molar-refractivity contribution in [2.45, 2.75) is 32.4 Å². The Kier molecular flexibility index (Phi) is 5.19. The maximum absolute atomic E-state index is 5.27. The molecule has 0 aliphatic carbocycles. The molecule has 3 nitrogen and oxygen atoms in total. The molecule has 3 unspecified atom stereocenters. The van der Waals surface area contributed by atoms with Crippen LogP contribution in [0.5, 0.6) is 0 Å². The van der Waals surface area contributed by atoms with Crippen LogP contribution in [-0.2, 0) is 10.3 Å². The fraction of sp³-hybridized carbons (Fsp3) is 0.647. The lowest BCUT2D eigenvalue weighted by atomic mass is 9.88. The van der Waals surface area contributed by atoms with Crippen LogP contribution < -0.4 is 5.32 Å². The van der Waals surface area contributed by atoms with E-state index < -0.39 is 0 Å². The van der Waals surface area contributed by atoms with Crippen LogP contribution in [0.1, 0.15) is 26.3 Å². The Hall–Kier alpha value is -0.900. The highest BCUT2D eigenvalue weighted by molar-refractivity contribution is 5.25. The van der Waals surface area contributed by atoms with E-state index in [1.165, 1.54) is 5.56 Å². The number of nitrogens with zero attached hydrogens (tertiary/aromatic N) is 1. The van der Waals surface area contributed by atoms with Gasteiger partial charge in [0.15, 0.2) is 0 Å². The summed E-state index contributed by atoms with van der Waals surface area (Å²) in [5, 5.41) is 3.72. The zero-order valence-corrected chi connectivity index (χ0v) is 13.2. The average Bonchev–Trinajstić information content (AvgIpc) is 2.44. The number of piperazine rings is 1. The second-order valence-electron chi connectivity index (χ2n) is 6.42. The molecule has 0 bridgehead atoms. The van der Waals surface area contributed by atoms with E-state index in [2.05, 4.69) is 61.3 Å². The number of methoxy groups -OCH3 is 1. The van der Waals surface area contributed by atoms with Gasteiger partial charge in [-0.15, -0.1) is 0 Å². The minimum atomic E-state index is 0.0422. The van der Waals surface area contributed by atoms with Crippen LogP contribution in [0, 0.1) is 5.92 Å². The van der Waals surface area contributed by atoms with E-state index in [0.717, 1.165) is 26.2 Å². The number of hydrogen-bond acceptors (Lipinski definition) is 3. The van der Waals surface area contributed by atoms with Crippen molar-refractivity contribution in [1.82, 2.24) is 10.2 Å². The van der Waals surface area contributed by atoms with Gasteiger partial charge >= 0.3 is 0 Å². The number of hydrogen-bond donors (Lipinski definition) is 1. The molecule has 2 rings (SSSR count). The highest BCUT2D eigenvalue weighted by Gasteiger charge is 2.35. The number of rotatable bonds is 5. The second kappa shape index (κ2) is 6.70. The van der Waals surface area contributed by atoms with Gasteiger partial charge in [-0.05, 0) is 25.3 Å². The topological polar surface area (TPSA) is 24.5 Å². The number of nitrogens with one attached hydrogen (secondary N) is 1. The van der Waals surface area contributed by atoms with Crippen molar-refractivity contribution in [2.24, 2.45) is 5.92 Å². The molecule has 0 aromatic heterocycles. The molecule has 1 aliphatic heterocycles. The lowest BCUT2D eigenvalue weighted by Gasteiger charge is -2.46. The smallest absolute Gasteiger partial charge is 0.0535 e. The third kappa shape index (κ3) is 3.60. The van der Waals surface area contributed by atoms with Gasteiger partial charge in [-0.1, -0.05) is 37.3 Å². The van der Waals surface area contributed by atoms with Crippen LogP contribution in [0.25, 0.3) is 0 Å². The molecule has 1 saturated heterocycles. The zero-order chi connectivity index (χ0) is 14.6. The van der Waals surface area contributed by atoms with Crippen LogP contribution in [0.15, 0.2) is 30.3 Å². The van der Waals surface area contributed by atoms with E-state index in [1.54, 1.807) is 7.11 Å². The van der Waals surface area contributed by atoms with Gasteiger partial charge in [-0.25, -0.2) is 0 Å². The maximum Gasteiger partial charge on any atom is 0.0535 e. The summed E-state index contributed by atoms with van der Waals surface area (Å²) in [6.45, 7) is 10.9. The van der Waals surface area contributed by atoms with Crippen molar-refractivity contribution in [3.63, 3.8) is 0 Å². The van der Waals surface area contributed by atoms with Crippen molar-refractivity contribution in [1.29, 1.82) is 0 Å². The molecule has 1 aromatic rings. The highest BCUT2D eigenvalue weighted by atomic mass is 16.5. The first-order valence-corrected chi connectivity index (χ1v) is 7.58. The van der Waals surface area contributed by atoms with Crippen molar-refractivity contribution < 1.29 is 4.74 Å². The summed E-state index contributed by atoms with van der Waals surface area (Å²) in [5.41, 5.74) is 1.41. The molecule has 3 atom stereocenters. The fourth-order valence-corrected chi connectivity index (χ4v) is 3.10. The first kappa shape index (κ1) is 15.5. The van der Waals surface area contributed by atoms with E-state index in [9.17, 15) is 0 Å². The summed E-state index contributed by atoms with van der Waals surface area (Å²) < 4.78 is 5.27. The van der Waals surface area contributed by atoms with Crippen molar-refractivity contribution in [3.05, 3.63) is 35.9 Å². The zero-order valence-electron chi connectivity index (χ0n) is 13.2. The molecule has 112 valence electrons. The monoisotopic (exact) mass is 276 g/mol. The van der Waals surface area contributed by atoms with E-state index in [1.807, 2.05) is 0 Å². The summed E-state index contributed by atoms with van der Waals surface area (Å²) in [6.07, 6.45) is 0. The first-order chi connectivity index (χ1) is 9.55. The van der Waals surface area contributed by atoms with Gasteiger partial charge in [-0.2, -0.15) is 0 Å². The Bertz CT molecular complexity index is 409. The van der Waals surface area contributed by atoms with E-state index >= 15 is 0 Å². The van der Waals surface area contributed by atoms with Crippen molar-refractivity contribution in [2.75, 3.05) is 33.4 Å². The van der Waals surface area contributed by atoms with Gasteiger partial charge in [-0.3, -0.25) is 4.90 Å². The Morgan fingerprint density at radius 3 is 2.75 bits per heavy atom. The molecule has 1 fully saturated rings. The van der Waals surface area contributed by atoms with Gasteiger partial charge in [0.2, 0.25) is 0 Å². The summed E-state index contributed by atoms with van der Waals surface area (Å²) in [7, 11) is 1.78. The highest BCUT2D eigenvalue weighted by Crippen LogP contribution is 2.26. The first-order valence-electron chi connectivity index (χ1n) is 7.58. The molecule has 1 aliphatic rings. The molecule has 1 aromatic carbocycles. The number of ether oxygens (including phenoxy) is 1. The van der Waals surface area contributed by atoms with E-state index in [4.69, 9.17) is 4.74 Å². The van der Waals surface area contributed by atoms with Crippen LogP contribution >= 0.6 is 0 Å². The molecule has 0 radical (unpaired) electrons. The largest absolute Gasteiger partial charge is 0.384 e. The maximum atomic E-state index is 5.27. The predicted octanol–water partition coefficient (Wildman–Crippen LogP) is 2.48. The molecule has 1 N–H and O–H groups in total. The lowest BCUT2D eigenvalue weighted by Crippen LogP contribution is -2.61. The second-order valence-corrected chi connectivity index (χ2v) is 6.42. The van der Waals surface area contributed by atoms with E-state index in [0.29, 0.717) is 12.0 Å². The Morgan fingerprint density at radius 1 is 1.40 bits per heavy atom. The van der Waals surface area contributed by atoms with Gasteiger partial charge < -0.3 is 10.1 Å². The molecule has 0 amide bonds. The molecular weight excluding hydrogens is 248 g/mol. The summed E-state index contributed by atoms with van der Waals surface area (Å²) in [4.78, 5) is 2.59. The van der Waals surface area contributed by atoms with Crippen LogP contribution in [0.2, 0.25) is 0 Å². The van der Waals surface area contributed by atoms with Gasteiger partial charge in [0, 0.05) is 39.4 Å².